The Morgan fingerprint density at radius 1 is 1.39 bits per heavy atom. The molecule has 2 rings (SSSR count). The van der Waals surface area contributed by atoms with E-state index < -0.39 is 4.92 Å². The Balaban J connectivity index is 2.17. The molecule has 1 heterocycles. The SMILES string of the molecule is COc1ccc(C(CNc2c([N+](=O)[O-])ncn2C)N(C)C)cc1. The zero-order valence-corrected chi connectivity index (χ0v) is 13.7. The monoisotopic (exact) mass is 319 g/mol. The first-order valence-corrected chi connectivity index (χ1v) is 7.14. The van der Waals surface area contributed by atoms with Crippen LogP contribution in [0.25, 0.3) is 0 Å². The first-order chi connectivity index (χ1) is 10.9. The first kappa shape index (κ1) is 16.8. The molecule has 1 unspecified atom stereocenters. The lowest BCUT2D eigenvalue weighted by Crippen LogP contribution is -2.27. The number of nitro groups is 1. The number of imidazole rings is 1. The van der Waals surface area contributed by atoms with Crippen LogP contribution in [-0.4, -0.2) is 47.1 Å². The van der Waals surface area contributed by atoms with Gasteiger partial charge in [-0.3, -0.25) is 4.57 Å². The lowest BCUT2D eigenvalue weighted by Gasteiger charge is -2.25. The van der Waals surface area contributed by atoms with E-state index in [1.165, 1.54) is 6.33 Å². The quantitative estimate of drug-likeness (QED) is 0.621. The molecule has 0 saturated carbocycles. The van der Waals surface area contributed by atoms with E-state index in [0.717, 1.165) is 11.3 Å². The Bertz CT molecular complexity index is 666. The molecule has 1 aromatic carbocycles. The number of aromatic nitrogens is 2. The van der Waals surface area contributed by atoms with E-state index >= 15 is 0 Å². The number of nitrogens with zero attached hydrogens (tertiary/aromatic N) is 4. The molecule has 0 aliphatic carbocycles. The number of methoxy groups -OCH3 is 1. The van der Waals surface area contributed by atoms with E-state index in [2.05, 4.69) is 15.2 Å². The molecule has 0 aliphatic heterocycles. The molecule has 1 aromatic heterocycles. The van der Waals surface area contributed by atoms with E-state index in [1.807, 2.05) is 38.4 Å². The second kappa shape index (κ2) is 7.10. The molecule has 0 radical (unpaired) electrons. The summed E-state index contributed by atoms with van der Waals surface area (Å²) < 4.78 is 6.78. The first-order valence-electron chi connectivity index (χ1n) is 7.14. The van der Waals surface area contributed by atoms with Crippen molar-refractivity contribution in [2.75, 3.05) is 33.1 Å². The molecule has 8 heteroatoms. The van der Waals surface area contributed by atoms with Gasteiger partial charge in [0.15, 0.2) is 0 Å². The average Bonchev–Trinajstić information content (AvgIpc) is 2.89. The van der Waals surface area contributed by atoms with Crippen LogP contribution in [0.1, 0.15) is 11.6 Å². The standard InChI is InChI=1S/C15H21N5O3/c1-18(2)13(11-5-7-12(23-4)8-6-11)9-16-14-15(20(21)22)17-10-19(14)3/h5-8,10,13,16H,9H2,1-4H3. The third-order valence-corrected chi connectivity index (χ3v) is 3.68. The van der Waals surface area contributed by atoms with Gasteiger partial charge in [0.1, 0.15) is 5.75 Å². The molecule has 8 nitrogen and oxygen atoms in total. The summed E-state index contributed by atoms with van der Waals surface area (Å²) in [5.41, 5.74) is 1.09. The lowest BCUT2D eigenvalue weighted by molar-refractivity contribution is -0.388. The van der Waals surface area contributed by atoms with Gasteiger partial charge in [-0.1, -0.05) is 12.1 Å². The molecule has 124 valence electrons. The molecule has 0 saturated heterocycles. The number of hydrogen-bond donors (Lipinski definition) is 1. The Morgan fingerprint density at radius 2 is 2.04 bits per heavy atom. The number of rotatable bonds is 7. The van der Waals surface area contributed by atoms with Crippen molar-refractivity contribution in [3.05, 3.63) is 46.3 Å². The molecule has 0 spiro atoms. The van der Waals surface area contributed by atoms with Crippen molar-refractivity contribution in [1.29, 1.82) is 0 Å². The van der Waals surface area contributed by atoms with E-state index in [0.29, 0.717) is 12.4 Å². The molecular formula is C15H21N5O3. The average molecular weight is 319 g/mol. The maximum atomic E-state index is 11.0. The third-order valence-electron chi connectivity index (χ3n) is 3.68. The second-order valence-electron chi connectivity index (χ2n) is 5.42. The van der Waals surface area contributed by atoms with E-state index in [9.17, 15) is 10.1 Å². The summed E-state index contributed by atoms with van der Waals surface area (Å²) in [6.45, 7) is 0.514. The summed E-state index contributed by atoms with van der Waals surface area (Å²) in [5.74, 6) is 1.02. The van der Waals surface area contributed by atoms with Crippen molar-refractivity contribution in [2.24, 2.45) is 7.05 Å². The van der Waals surface area contributed by atoms with Gasteiger partial charge in [0.25, 0.3) is 0 Å². The minimum atomic E-state index is -0.486. The van der Waals surface area contributed by atoms with Gasteiger partial charge in [0.05, 0.1) is 13.2 Å². The van der Waals surface area contributed by atoms with Crippen LogP contribution in [0.5, 0.6) is 5.75 Å². The number of likely N-dealkylation sites (N-methyl/N-ethyl adjacent to an activating group) is 1. The summed E-state index contributed by atoms with van der Waals surface area (Å²) in [7, 11) is 7.28. The molecule has 2 aromatic rings. The fourth-order valence-corrected chi connectivity index (χ4v) is 2.37. The lowest BCUT2D eigenvalue weighted by atomic mass is 10.1. The molecule has 0 fully saturated rings. The number of aryl methyl sites for hydroxylation is 1. The van der Waals surface area contributed by atoms with Crippen LogP contribution in [-0.2, 0) is 7.05 Å². The molecule has 1 atom stereocenters. The normalized spacial score (nSPS) is 12.2. The number of hydrogen-bond acceptors (Lipinski definition) is 6. The summed E-state index contributed by atoms with van der Waals surface area (Å²) in [6.07, 6.45) is 1.43. The van der Waals surface area contributed by atoms with Gasteiger partial charge in [-0.2, -0.15) is 0 Å². The highest BCUT2D eigenvalue weighted by Gasteiger charge is 2.22. The van der Waals surface area contributed by atoms with Crippen molar-refractivity contribution in [3.8, 4) is 5.75 Å². The van der Waals surface area contributed by atoms with Crippen molar-refractivity contribution < 1.29 is 9.66 Å². The van der Waals surface area contributed by atoms with Crippen molar-refractivity contribution in [3.63, 3.8) is 0 Å². The highest BCUT2D eigenvalue weighted by atomic mass is 16.6. The van der Waals surface area contributed by atoms with Crippen molar-refractivity contribution in [1.82, 2.24) is 14.5 Å². The maximum Gasteiger partial charge on any atom is 0.406 e. The molecule has 23 heavy (non-hydrogen) atoms. The van der Waals surface area contributed by atoms with Crippen molar-refractivity contribution >= 4 is 11.6 Å². The van der Waals surface area contributed by atoms with Crippen LogP contribution in [0.3, 0.4) is 0 Å². The van der Waals surface area contributed by atoms with Crippen molar-refractivity contribution in [2.45, 2.75) is 6.04 Å². The fraction of sp³-hybridized carbons (Fsp3) is 0.400. The van der Waals surface area contributed by atoms with Gasteiger partial charge < -0.3 is 25.1 Å². The van der Waals surface area contributed by atoms with E-state index in [-0.39, 0.29) is 11.9 Å². The van der Waals surface area contributed by atoms with E-state index in [4.69, 9.17) is 4.74 Å². The molecule has 0 aliphatic rings. The fourth-order valence-electron chi connectivity index (χ4n) is 2.37. The Morgan fingerprint density at radius 3 is 2.57 bits per heavy atom. The predicted octanol–water partition coefficient (Wildman–Crippen LogP) is 2.05. The highest BCUT2D eigenvalue weighted by Crippen LogP contribution is 2.25. The Kier molecular flexibility index (Phi) is 5.17. The zero-order valence-electron chi connectivity index (χ0n) is 13.7. The van der Waals surface area contributed by atoms with Gasteiger partial charge in [0.2, 0.25) is 12.1 Å². The number of nitrogens with one attached hydrogen (secondary N) is 1. The maximum absolute atomic E-state index is 11.0. The van der Waals surface area contributed by atoms with Crippen LogP contribution >= 0.6 is 0 Å². The van der Waals surface area contributed by atoms with Crippen LogP contribution in [0, 0.1) is 10.1 Å². The van der Waals surface area contributed by atoms with Crippen LogP contribution in [0.2, 0.25) is 0 Å². The summed E-state index contributed by atoms with van der Waals surface area (Å²) in [5, 5.41) is 14.2. The Labute approximate surface area is 134 Å². The predicted molar refractivity (Wildman–Crippen MR) is 87.8 cm³/mol. The topological polar surface area (TPSA) is 85.5 Å². The molecule has 0 amide bonds. The molecule has 1 N–H and O–H groups in total. The third kappa shape index (κ3) is 3.78. The largest absolute Gasteiger partial charge is 0.497 e. The second-order valence-corrected chi connectivity index (χ2v) is 5.42. The molecular weight excluding hydrogens is 298 g/mol. The van der Waals surface area contributed by atoms with Gasteiger partial charge in [-0.15, -0.1) is 0 Å². The van der Waals surface area contributed by atoms with Crippen LogP contribution in [0.15, 0.2) is 30.6 Å². The van der Waals surface area contributed by atoms with Gasteiger partial charge in [-0.25, -0.2) is 0 Å². The smallest absolute Gasteiger partial charge is 0.406 e. The summed E-state index contributed by atoms with van der Waals surface area (Å²) in [6, 6.07) is 7.83. The highest BCUT2D eigenvalue weighted by molar-refractivity contribution is 5.52. The minimum absolute atomic E-state index is 0.0513. The number of benzene rings is 1. The number of ether oxygens (including phenoxy) is 1. The van der Waals surface area contributed by atoms with Crippen LogP contribution < -0.4 is 10.1 Å². The minimum Gasteiger partial charge on any atom is -0.497 e. The molecule has 0 bridgehead atoms. The van der Waals surface area contributed by atoms with E-state index in [1.54, 1.807) is 18.7 Å². The van der Waals surface area contributed by atoms with Gasteiger partial charge in [-0.05, 0) is 41.7 Å². The van der Waals surface area contributed by atoms with Gasteiger partial charge in [0, 0.05) is 13.6 Å². The number of anilines is 1. The zero-order chi connectivity index (χ0) is 17.0. The Hall–Kier alpha value is -2.61. The summed E-state index contributed by atoms with van der Waals surface area (Å²) >= 11 is 0. The summed E-state index contributed by atoms with van der Waals surface area (Å²) in [4.78, 5) is 16.4. The van der Waals surface area contributed by atoms with Gasteiger partial charge >= 0.3 is 5.82 Å². The van der Waals surface area contributed by atoms with Crippen LogP contribution in [0.4, 0.5) is 11.6 Å².